The Morgan fingerprint density at radius 2 is 0.836 bits per heavy atom. The molecule has 4 nitrogen and oxygen atoms in total. The minimum absolute atomic E-state index is 0.270. The minimum Gasteiger partial charge on any atom is -0.308 e. The van der Waals surface area contributed by atoms with E-state index in [-0.39, 0.29) is 5.56 Å². The van der Waals surface area contributed by atoms with E-state index in [9.17, 15) is 4.39 Å². The maximum atomic E-state index is 15.7. The van der Waals surface area contributed by atoms with Gasteiger partial charge in [0.1, 0.15) is 11.6 Å². The Balaban J connectivity index is 1.32. The highest BCUT2D eigenvalue weighted by Crippen LogP contribution is 2.41. The molecule has 0 aliphatic heterocycles. The van der Waals surface area contributed by atoms with E-state index in [0.29, 0.717) is 28.6 Å². The quantitative estimate of drug-likeness (QED) is 0.161. The van der Waals surface area contributed by atoms with Crippen LogP contribution in [-0.4, -0.2) is 19.5 Å². The van der Waals surface area contributed by atoms with Crippen LogP contribution < -0.4 is 0 Å². The third-order valence-electron chi connectivity index (χ3n) is 11.3. The van der Waals surface area contributed by atoms with Gasteiger partial charge in [-0.25, -0.2) is 23.7 Å². The van der Waals surface area contributed by atoms with Crippen LogP contribution in [-0.2, 0) is 0 Å². The van der Waals surface area contributed by atoms with Crippen LogP contribution >= 0.6 is 0 Å². The number of nitrogens with zero attached hydrogens (tertiary/aromatic N) is 4. The van der Waals surface area contributed by atoms with Gasteiger partial charge in [-0.05, 0) is 91.9 Å². The van der Waals surface area contributed by atoms with Gasteiger partial charge in [0.25, 0.3) is 0 Å². The molecule has 6 heteroatoms. The van der Waals surface area contributed by atoms with Gasteiger partial charge < -0.3 is 4.57 Å². The van der Waals surface area contributed by atoms with Gasteiger partial charge in [-0.3, -0.25) is 0 Å². The van der Waals surface area contributed by atoms with Crippen molar-refractivity contribution in [2.45, 2.75) is 27.7 Å². The summed E-state index contributed by atoms with van der Waals surface area (Å²) in [6, 6.07) is 55.8. The van der Waals surface area contributed by atoms with E-state index in [1.807, 2.05) is 78.9 Å². The lowest BCUT2D eigenvalue weighted by Gasteiger charge is -2.17. The molecule has 2 aromatic heterocycles. The number of rotatable bonds is 7. The van der Waals surface area contributed by atoms with Crippen LogP contribution in [0.25, 0.3) is 95.0 Å². The minimum atomic E-state index is -0.655. The molecule has 0 unspecified atom stereocenters. The summed E-state index contributed by atoms with van der Waals surface area (Å²) < 4.78 is 32.3. The van der Waals surface area contributed by atoms with Crippen LogP contribution in [0, 0.1) is 39.3 Å². The zero-order chi connectivity index (χ0) is 41.8. The third-order valence-corrected chi connectivity index (χ3v) is 11.3. The van der Waals surface area contributed by atoms with Crippen LogP contribution in [0.2, 0.25) is 0 Å². The number of hydrogen-bond donors (Lipinski definition) is 0. The van der Waals surface area contributed by atoms with E-state index in [1.54, 1.807) is 0 Å². The molecule has 8 aromatic carbocycles. The van der Waals surface area contributed by atoms with Crippen molar-refractivity contribution in [1.82, 2.24) is 19.5 Å². The van der Waals surface area contributed by atoms with Crippen LogP contribution in [0.5, 0.6) is 0 Å². The number of hydrogen-bond acceptors (Lipinski definition) is 3. The lowest BCUT2D eigenvalue weighted by molar-refractivity contribution is 0.585. The molecule has 0 spiro atoms. The second-order valence-electron chi connectivity index (χ2n) is 15.9. The lowest BCUT2D eigenvalue weighted by atomic mass is 9.98. The Kier molecular flexibility index (Phi) is 9.41. The molecular formula is C55H40F2N4. The highest BCUT2D eigenvalue weighted by molar-refractivity contribution is 6.11. The summed E-state index contributed by atoms with van der Waals surface area (Å²) in [5, 5.41) is 2.17. The molecule has 0 aliphatic rings. The van der Waals surface area contributed by atoms with Crippen molar-refractivity contribution in [3.8, 4) is 73.2 Å². The van der Waals surface area contributed by atoms with Crippen molar-refractivity contribution in [2.24, 2.45) is 0 Å². The predicted octanol–water partition coefficient (Wildman–Crippen LogP) is 14.5. The zero-order valence-electron chi connectivity index (χ0n) is 34.2. The first-order chi connectivity index (χ1) is 29.6. The average Bonchev–Trinajstić information content (AvgIpc) is 3.59. The molecule has 10 rings (SSSR count). The van der Waals surface area contributed by atoms with Crippen molar-refractivity contribution < 1.29 is 8.78 Å². The fraction of sp³-hybridized carbons (Fsp3) is 0.0727. The van der Waals surface area contributed by atoms with E-state index in [4.69, 9.17) is 15.0 Å². The summed E-state index contributed by atoms with van der Waals surface area (Å²) in [4.78, 5) is 15.3. The number of benzene rings is 8. The maximum absolute atomic E-state index is 15.7. The summed E-state index contributed by atoms with van der Waals surface area (Å²) in [6.07, 6.45) is 0. The number of aryl methyl sites for hydroxylation is 4. The lowest BCUT2D eigenvalue weighted by Crippen LogP contribution is -2.04. The smallest absolute Gasteiger partial charge is 0.166 e. The summed E-state index contributed by atoms with van der Waals surface area (Å²) in [7, 11) is 0. The Morgan fingerprint density at radius 1 is 0.361 bits per heavy atom. The monoisotopic (exact) mass is 794 g/mol. The first-order valence-corrected chi connectivity index (χ1v) is 20.4. The maximum Gasteiger partial charge on any atom is 0.166 e. The Bertz CT molecular complexity index is 3110. The largest absolute Gasteiger partial charge is 0.308 e. The molecule has 0 aliphatic carbocycles. The molecule has 0 N–H and O–H groups in total. The van der Waals surface area contributed by atoms with Crippen LogP contribution in [0.15, 0.2) is 170 Å². The second kappa shape index (κ2) is 15.2. The Labute approximate surface area is 353 Å². The standard InChI is InChI=1S/C55H40F2N4/c1-33-23-34(2)26-42(25-33)39-15-19-46-47-20-16-40(43-27-35(3)24-36(4)28-43)31-52(47)61(51(46)30-39)50-22-17-41(45-21-18-44(56)32-49(45)57)29-48(50)55-59-53(37-11-7-5-8-12-37)58-54(60-55)38-13-9-6-10-14-38/h5-32H,1-4H3. The van der Waals surface area contributed by atoms with Crippen molar-refractivity contribution in [3.05, 3.63) is 204 Å². The van der Waals surface area contributed by atoms with E-state index >= 15 is 4.39 Å². The van der Waals surface area contributed by atoms with Gasteiger partial charge in [0.2, 0.25) is 0 Å². The topological polar surface area (TPSA) is 43.6 Å². The van der Waals surface area contributed by atoms with E-state index in [2.05, 4.69) is 105 Å². The summed E-state index contributed by atoms with van der Waals surface area (Å²) in [5.41, 5.74) is 15.1. The first kappa shape index (κ1) is 37.7. The summed E-state index contributed by atoms with van der Waals surface area (Å²) in [5.74, 6) is 0.130. The Morgan fingerprint density at radius 3 is 1.33 bits per heavy atom. The van der Waals surface area contributed by atoms with Gasteiger partial charge in [0.05, 0.1) is 16.7 Å². The normalized spacial score (nSPS) is 11.4. The van der Waals surface area contributed by atoms with Crippen LogP contribution in [0.4, 0.5) is 8.78 Å². The van der Waals surface area contributed by atoms with Crippen molar-refractivity contribution >= 4 is 21.8 Å². The van der Waals surface area contributed by atoms with Gasteiger partial charge in [-0.2, -0.15) is 0 Å². The summed E-state index contributed by atoms with van der Waals surface area (Å²) >= 11 is 0. The number of fused-ring (bicyclic) bond motifs is 3. The van der Waals surface area contributed by atoms with Crippen LogP contribution in [0.3, 0.4) is 0 Å². The van der Waals surface area contributed by atoms with E-state index < -0.39 is 11.6 Å². The van der Waals surface area contributed by atoms with Gasteiger partial charge in [0.15, 0.2) is 17.5 Å². The highest BCUT2D eigenvalue weighted by Gasteiger charge is 2.22. The SMILES string of the molecule is Cc1cc(C)cc(-c2ccc3c4ccc(-c5cc(C)cc(C)c5)cc4n(-c4ccc(-c5ccc(F)cc5F)cc4-c4nc(-c5ccccc5)nc(-c5ccccc5)n4)c3c2)c1. The third kappa shape index (κ3) is 7.16. The van der Waals surface area contributed by atoms with Gasteiger partial charge in [0, 0.05) is 39.1 Å². The predicted molar refractivity (Wildman–Crippen MR) is 246 cm³/mol. The zero-order valence-corrected chi connectivity index (χ0v) is 34.2. The van der Waals surface area contributed by atoms with E-state index in [1.165, 1.54) is 34.4 Å². The molecule has 0 atom stereocenters. The summed E-state index contributed by atoms with van der Waals surface area (Å²) in [6.45, 7) is 8.50. The average molecular weight is 795 g/mol. The van der Waals surface area contributed by atoms with Crippen molar-refractivity contribution in [1.29, 1.82) is 0 Å². The molecule has 0 radical (unpaired) electrons. The van der Waals surface area contributed by atoms with Gasteiger partial charge >= 0.3 is 0 Å². The molecule has 0 amide bonds. The first-order valence-electron chi connectivity index (χ1n) is 20.4. The highest BCUT2D eigenvalue weighted by atomic mass is 19.1. The molecule has 0 fully saturated rings. The molecule has 0 saturated heterocycles. The van der Waals surface area contributed by atoms with E-state index in [0.717, 1.165) is 66.9 Å². The molecule has 61 heavy (non-hydrogen) atoms. The molecule has 294 valence electrons. The number of aromatic nitrogens is 4. The second-order valence-corrected chi connectivity index (χ2v) is 15.9. The number of halogens is 2. The van der Waals surface area contributed by atoms with Crippen molar-refractivity contribution in [2.75, 3.05) is 0 Å². The van der Waals surface area contributed by atoms with Gasteiger partial charge in [-0.1, -0.05) is 150 Å². The molecule has 2 heterocycles. The van der Waals surface area contributed by atoms with Crippen LogP contribution in [0.1, 0.15) is 22.3 Å². The molecule has 0 bridgehead atoms. The van der Waals surface area contributed by atoms with Crippen molar-refractivity contribution in [3.63, 3.8) is 0 Å². The Hall–Kier alpha value is -7.57. The molecule has 10 aromatic rings. The fourth-order valence-electron chi connectivity index (χ4n) is 8.65. The van der Waals surface area contributed by atoms with Gasteiger partial charge in [-0.15, -0.1) is 0 Å². The fourth-order valence-corrected chi connectivity index (χ4v) is 8.65. The molecular weight excluding hydrogens is 755 g/mol. The molecule has 0 saturated carbocycles.